The topological polar surface area (TPSA) is 55.8 Å². The second-order valence-corrected chi connectivity index (χ2v) is 2.94. The summed E-state index contributed by atoms with van der Waals surface area (Å²) in [5.74, 6) is -0.867. The van der Waals surface area contributed by atoms with Gasteiger partial charge in [-0.1, -0.05) is 13.8 Å². The monoisotopic (exact) mass is 176 g/mol. The molecule has 0 aliphatic carbocycles. The van der Waals surface area contributed by atoms with Gasteiger partial charge in [-0.25, -0.2) is 4.79 Å². The van der Waals surface area contributed by atoms with E-state index in [0.717, 1.165) is 0 Å². The Balaban J connectivity index is 4.33. The van der Waals surface area contributed by atoms with Crippen molar-refractivity contribution in [3.8, 4) is 0 Å². The van der Waals surface area contributed by atoms with Crippen molar-refractivity contribution in [2.75, 3.05) is 14.2 Å². The molecule has 0 aromatic carbocycles. The van der Waals surface area contributed by atoms with E-state index in [4.69, 9.17) is 14.6 Å². The zero-order chi connectivity index (χ0) is 9.72. The van der Waals surface area contributed by atoms with Crippen LogP contribution in [0.15, 0.2) is 0 Å². The molecule has 0 heterocycles. The van der Waals surface area contributed by atoms with Crippen LogP contribution in [0.25, 0.3) is 0 Å². The Hall–Kier alpha value is -0.610. The minimum Gasteiger partial charge on any atom is -0.479 e. The number of hydrogen-bond donors (Lipinski definition) is 1. The predicted octanol–water partition coefficient (Wildman–Crippen LogP) is 0.757. The third-order valence-electron chi connectivity index (χ3n) is 1.72. The van der Waals surface area contributed by atoms with Gasteiger partial charge in [-0.2, -0.15) is 0 Å². The predicted molar refractivity (Wildman–Crippen MR) is 44.1 cm³/mol. The highest BCUT2D eigenvalue weighted by atomic mass is 16.5. The molecule has 2 unspecified atom stereocenters. The molecule has 0 rings (SSSR count). The summed E-state index contributed by atoms with van der Waals surface area (Å²) in [4.78, 5) is 10.6. The van der Waals surface area contributed by atoms with Gasteiger partial charge >= 0.3 is 5.97 Å². The molecule has 72 valence electrons. The first kappa shape index (κ1) is 11.4. The molecule has 1 N–H and O–H groups in total. The number of carboxylic acids is 1. The smallest absolute Gasteiger partial charge is 0.335 e. The lowest BCUT2D eigenvalue weighted by molar-refractivity contribution is -0.159. The number of aliphatic carboxylic acids is 1. The van der Waals surface area contributed by atoms with Crippen molar-refractivity contribution >= 4 is 5.97 Å². The van der Waals surface area contributed by atoms with Gasteiger partial charge in [-0.3, -0.25) is 0 Å². The summed E-state index contributed by atoms with van der Waals surface area (Å²) < 4.78 is 9.82. The molecule has 0 radical (unpaired) electrons. The maximum absolute atomic E-state index is 10.6. The number of methoxy groups -OCH3 is 2. The maximum Gasteiger partial charge on any atom is 0.335 e. The van der Waals surface area contributed by atoms with E-state index < -0.39 is 18.2 Å². The van der Waals surface area contributed by atoms with Crippen molar-refractivity contribution in [3.05, 3.63) is 0 Å². The van der Waals surface area contributed by atoms with Gasteiger partial charge in [0, 0.05) is 14.2 Å². The summed E-state index contributed by atoms with van der Waals surface area (Å²) in [5.41, 5.74) is 0. The highest BCUT2D eigenvalue weighted by Gasteiger charge is 2.30. The second-order valence-electron chi connectivity index (χ2n) is 2.94. The average Bonchev–Trinajstić information content (AvgIpc) is 1.98. The van der Waals surface area contributed by atoms with Gasteiger partial charge in [0.2, 0.25) is 0 Å². The number of rotatable bonds is 5. The lowest BCUT2D eigenvalue weighted by Crippen LogP contribution is -2.40. The molecule has 0 saturated carbocycles. The molecule has 0 aliphatic heterocycles. The average molecular weight is 176 g/mol. The van der Waals surface area contributed by atoms with E-state index >= 15 is 0 Å². The molecule has 0 spiro atoms. The van der Waals surface area contributed by atoms with E-state index in [-0.39, 0.29) is 5.92 Å². The van der Waals surface area contributed by atoms with Crippen molar-refractivity contribution in [2.24, 2.45) is 5.92 Å². The number of carboxylic acid groups (broad SMARTS) is 1. The van der Waals surface area contributed by atoms with Gasteiger partial charge in [-0.15, -0.1) is 0 Å². The summed E-state index contributed by atoms with van der Waals surface area (Å²) in [6, 6.07) is 0. The van der Waals surface area contributed by atoms with Crippen molar-refractivity contribution < 1.29 is 19.4 Å². The summed E-state index contributed by atoms with van der Waals surface area (Å²) in [6.07, 6.45) is -1.28. The molecule has 2 atom stereocenters. The van der Waals surface area contributed by atoms with Crippen LogP contribution in [0.5, 0.6) is 0 Å². The lowest BCUT2D eigenvalue weighted by Gasteiger charge is -2.24. The van der Waals surface area contributed by atoms with Crippen LogP contribution < -0.4 is 0 Å². The van der Waals surface area contributed by atoms with Crippen molar-refractivity contribution in [2.45, 2.75) is 26.1 Å². The highest BCUT2D eigenvalue weighted by molar-refractivity contribution is 5.73. The van der Waals surface area contributed by atoms with E-state index in [1.165, 1.54) is 14.2 Å². The van der Waals surface area contributed by atoms with Gasteiger partial charge in [0.25, 0.3) is 0 Å². The molecule has 0 saturated heterocycles. The summed E-state index contributed by atoms with van der Waals surface area (Å²) in [6.45, 7) is 3.78. The Kier molecular flexibility index (Phi) is 4.85. The summed E-state index contributed by atoms with van der Waals surface area (Å²) >= 11 is 0. The molecule has 12 heavy (non-hydrogen) atoms. The Morgan fingerprint density at radius 1 is 1.25 bits per heavy atom. The van der Waals surface area contributed by atoms with Crippen LogP contribution in [-0.4, -0.2) is 37.5 Å². The fourth-order valence-electron chi connectivity index (χ4n) is 1.12. The van der Waals surface area contributed by atoms with Crippen LogP contribution in [0.4, 0.5) is 0 Å². The number of ether oxygens (including phenoxy) is 2. The first-order chi connectivity index (χ1) is 5.54. The Morgan fingerprint density at radius 2 is 1.75 bits per heavy atom. The Morgan fingerprint density at radius 3 is 1.83 bits per heavy atom. The standard InChI is InChI=1S/C8H16O4/c1-5(2)6(11-3)7(12-4)8(9)10/h5-7H,1-4H3,(H,9,10). The minimum absolute atomic E-state index is 0.121. The molecule has 4 heteroatoms. The fraction of sp³-hybridized carbons (Fsp3) is 0.875. The van der Waals surface area contributed by atoms with Crippen LogP contribution in [0.3, 0.4) is 0 Å². The van der Waals surface area contributed by atoms with Crippen LogP contribution >= 0.6 is 0 Å². The SMILES string of the molecule is COC(C(=O)O)C(OC)C(C)C. The third-order valence-corrected chi connectivity index (χ3v) is 1.72. The van der Waals surface area contributed by atoms with Gasteiger partial charge in [0.05, 0.1) is 6.10 Å². The Labute approximate surface area is 72.5 Å². The molecule has 0 fully saturated rings. The maximum atomic E-state index is 10.6. The largest absolute Gasteiger partial charge is 0.479 e. The van der Waals surface area contributed by atoms with Gasteiger partial charge in [-0.05, 0) is 5.92 Å². The van der Waals surface area contributed by atoms with E-state index in [2.05, 4.69) is 0 Å². The molecule has 0 bridgehead atoms. The van der Waals surface area contributed by atoms with Gasteiger partial charge in [0.1, 0.15) is 0 Å². The Bertz CT molecular complexity index is 144. The summed E-state index contributed by atoms with van der Waals surface area (Å²) in [5, 5.41) is 8.72. The van der Waals surface area contributed by atoms with E-state index in [9.17, 15) is 4.79 Å². The molecule has 0 aromatic rings. The molecule has 0 amide bonds. The fourth-order valence-corrected chi connectivity index (χ4v) is 1.12. The quantitative estimate of drug-likeness (QED) is 0.671. The first-order valence-electron chi connectivity index (χ1n) is 3.83. The second kappa shape index (κ2) is 5.11. The molecule has 0 aliphatic rings. The van der Waals surface area contributed by atoms with Gasteiger partial charge < -0.3 is 14.6 Å². The van der Waals surface area contributed by atoms with Gasteiger partial charge in [0.15, 0.2) is 6.10 Å². The van der Waals surface area contributed by atoms with E-state index in [1.54, 1.807) is 0 Å². The van der Waals surface area contributed by atoms with Crippen LogP contribution in [0, 0.1) is 5.92 Å². The minimum atomic E-state index is -0.988. The zero-order valence-corrected chi connectivity index (χ0v) is 7.90. The number of hydrogen-bond acceptors (Lipinski definition) is 3. The van der Waals surface area contributed by atoms with Crippen molar-refractivity contribution in [1.29, 1.82) is 0 Å². The van der Waals surface area contributed by atoms with Crippen LogP contribution in [0.2, 0.25) is 0 Å². The summed E-state index contributed by atoms with van der Waals surface area (Å²) in [7, 11) is 2.85. The van der Waals surface area contributed by atoms with Crippen molar-refractivity contribution in [1.82, 2.24) is 0 Å². The van der Waals surface area contributed by atoms with Crippen LogP contribution in [-0.2, 0) is 14.3 Å². The normalized spacial score (nSPS) is 16.1. The molecular weight excluding hydrogens is 160 g/mol. The van der Waals surface area contributed by atoms with Crippen LogP contribution in [0.1, 0.15) is 13.8 Å². The molecule has 0 aromatic heterocycles. The van der Waals surface area contributed by atoms with E-state index in [1.807, 2.05) is 13.8 Å². The first-order valence-corrected chi connectivity index (χ1v) is 3.83. The number of carbonyl (C=O) groups is 1. The van der Waals surface area contributed by atoms with E-state index in [0.29, 0.717) is 0 Å². The third kappa shape index (κ3) is 2.79. The van der Waals surface area contributed by atoms with Crippen molar-refractivity contribution in [3.63, 3.8) is 0 Å². The molecular formula is C8H16O4. The zero-order valence-electron chi connectivity index (χ0n) is 7.90. The highest BCUT2D eigenvalue weighted by Crippen LogP contribution is 2.12. The molecule has 4 nitrogen and oxygen atoms in total. The lowest BCUT2D eigenvalue weighted by atomic mass is 10.0.